The second-order valence-corrected chi connectivity index (χ2v) is 9.70. The van der Waals surface area contributed by atoms with Gasteiger partial charge in [-0.05, 0) is 27.9 Å². The van der Waals surface area contributed by atoms with Crippen molar-refractivity contribution in [1.29, 1.82) is 0 Å². The number of H-pyrrole nitrogens is 1. The van der Waals surface area contributed by atoms with Gasteiger partial charge in [0.25, 0.3) is 5.56 Å². The third-order valence-corrected chi connectivity index (χ3v) is 6.64. The van der Waals surface area contributed by atoms with Crippen molar-refractivity contribution in [2.75, 3.05) is 13.7 Å². The molecule has 0 amide bonds. The summed E-state index contributed by atoms with van der Waals surface area (Å²) in [6, 6.07) is 7.67. The highest BCUT2D eigenvalue weighted by molar-refractivity contribution is 9.10. The average Bonchev–Trinajstić information content (AvgIpc) is 3.14. The molecule has 1 aliphatic heterocycles. The lowest BCUT2D eigenvalue weighted by atomic mass is 10.1. The predicted octanol–water partition coefficient (Wildman–Crippen LogP) is 0.438. The van der Waals surface area contributed by atoms with E-state index in [1.807, 2.05) is 0 Å². The van der Waals surface area contributed by atoms with Crippen molar-refractivity contribution in [2.45, 2.75) is 37.3 Å². The average molecular weight is 548 g/mol. The SMILES string of the molecule is COC(=O)C(Cc1ccccc1)NP(=O)(O)OC[C@@H]1O[C@H](n2cc(Br)c(=O)[nH]c2=O)C[C@H]1O. The van der Waals surface area contributed by atoms with Crippen LogP contribution in [0.25, 0.3) is 0 Å². The van der Waals surface area contributed by atoms with Gasteiger partial charge >= 0.3 is 19.4 Å². The number of halogens is 1. The van der Waals surface area contributed by atoms with Crippen LogP contribution in [0.5, 0.6) is 0 Å². The first-order valence-electron chi connectivity index (χ1n) is 9.81. The van der Waals surface area contributed by atoms with E-state index in [-0.39, 0.29) is 17.3 Å². The number of benzene rings is 1. The molecule has 1 fully saturated rings. The van der Waals surface area contributed by atoms with Crippen LogP contribution in [-0.2, 0) is 29.8 Å². The number of nitrogens with one attached hydrogen (secondary N) is 2. The summed E-state index contributed by atoms with van der Waals surface area (Å²) >= 11 is 3.02. The highest BCUT2D eigenvalue weighted by Gasteiger charge is 2.38. The Labute approximate surface area is 196 Å². The van der Waals surface area contributed by atoms with Crippen molar-refractivity contribution in [3.8, 4) is 0 Å². The molecule has 1 aliphatic rings. The lowest BCUT2D eigenvalue weighted by molar-refractivity contribution is -0.142. The minimum absolute atomic E-state index is 0.0195. The van der Waals surface area contributed by atoms with Crippen LogP contribution in [0.15, 0.2) is 50.6 Å². The second-order valence-electron chi connectivity index (χ2n) is 7.29. The minimum atomic E-state index is -4.51. The summed E-state index contributed by atoms with van der Waals surface area (Å²) in [5, 5.41) is 12.5. The summed E-state index contributed by atoms with van der Waals surface area (Å²) in [5.41, 5.74) is -0.619. The van der Waals surface area contributed by atoms with Crippen LogP contribution in [0.2, 0.25) is 0 Å². The predicted molar refractivity (Wildman–Crippen MR) is 118 cm³/mol. The number of carbonyl (C=O) groups is 1. The van der Waals surface area contributed by atoms with Gasteiger partial charge in [-0.25, -0.2) is 14.4 Å². The van der Waals surface area contributed by atoms with E-state index >= 15 is 0 Å². The summed E-state index contributed by atoms with van der Waals surface area (Å²) in [6.07, 6.45) is -1.80. The van der Waals surface area contributed by atoms with Crippen molar-refractivity contribution in [3.05, 3.63) is 67.4 Å². The number of aromatic nitrogens is 2. The summed E-state index contributed by atoms with van der Waals surface area (Å²) in [7, 11) is -3.35. The molecule has 14 heteroatoms. The van der Waals surface area contributed by atoms with Gasteiger partial charge in [-0.15, -0.1) is 0 Å². The molecule has 1 saturated heterocycles. The number of aromatic amines is 1. The zero-order valence-electron chi connectivity index (χ0n) is 17.4. The van der Waals surface area contributed by atoms with Gasteiger partial charge in [-0.2, -0.15) is 0 Å². The molecule has 4 N–H and O–H groups in total. The van der Waals surface area contributed by atoms with E-state index in [2.05, 4.69) is 26.0 Å². The van der Waals surface area contributed by atoms with Crippen molar-refractivity contribution < 1.29 is 33.4 Å². The van der Waals surface area contributed by atoms with Crippen LogP contribution >= 0.6 is 23.7 Å². The van der Waals surface area contributed by atoms with Gasteiger partial charge in [0.2, 0.25) is 0 Å². The Morgan fingerprint density at radius 3 is 2.76 bits per heavy atom. The first-order chi connectivity index (χ1) is 15.6. The number of nitrogens with zero attached hydrogens (tertiary/aromatic N) is 1. The number of carbonyl (C=O) groups excluding carboxylic acids is 1. The van der Waals surface area contributed by atoms with Gasteiger partial charge in [0.1, 0.15) is 18.4 Å². The molecule has 12 nitrogen and oxygen atoms in total. The van der Waals surface area contributed by atoms with Crippen molar-refractivity contribution in [2.24, 2.45) is 0 Å². The van der Waals surface area contributed by atoms with Gasteiger partial charge in [0.05, 0.1) is 24.3 Å². The van der Waals surface area contributed by atoms with E-state index in [1.54, 1.807) is 30.3 Å². The normalized spacial score (nSPS) is 23.1. The third-order valence-electron chi connectivity index (χ3n) is 4.94. The third kappa shape index (κ3) is 6.70. The molecule has 1 aromatic heterocycles. The van der Waals surface area contributed by atoms with Crippen molar-refractivity contribution >= 4 is 29.6 Å². The smallest absolute Gasteiger partial charge is 0.403 e. The molecule has 180 valence electrons. The van der Waals surface area contributed by atoms with Gasteiger partial charge in [-0.3, -0.25) is 23.7 Å². The standard InChI is InChI=1S/C19H23BrN3O9P/c1-30-18(26)13(7-11-5-3-2-4-6-11)22-33(28,29)31-10-15-14(24)8-16(32-15)23-9-12(20)17(25)21-19(23)27/h2-6,9,13-16,24H,7-8,10H2,1H3,(H,21,25,27)(H2,22,28,29)/t13?,14-,15+,16+/m1/s1. The Hall–Kier alpha value is -2.12. The molecule has 0 spiro atoms. The fourth-order valence-corrected chi connectivity index (χ4v) is 4.63. The molecule has 2 unspecified atom stereocenters. The van der Waals surface area contributed by atoms with Gasteiger partial charge in [0, 0.05) is 12.6 Å². The number of methoxy groups -OCH3 is 1. The number of hydrogen-bond acceptors (Lipinski definition) is 8. The first-order valence-corrected chi connectivity index (χ1v) is 12.2. The van der Waals surface area contributed by atoms with Crippen LogP contribution < -0.4 is 16.3 Å². The Morgan fingerprint density at radius 1 is 1.39 bits per heavy atom. The zero-order valence-corrected chi connectivity index (χ0v) is 19.9. The molecule has 3 rings (SSSR count). The second kappa shape index (κ2) is 10.9. The van der Waals surface area contributed by atoms with E-state index in [0.29, 0.717) is 0 Å². The molecular weight excluding hydrogens is 525 g/mol. The van der Waals surface area contributed by atoms with E-state index in [1.165, 1.54) is 6.20 Å². The zero-order chi connectivity index (χ0) is 24.2. The molecule has 0 bridgehead atoms. The fraction of sp³-hybridized carbons (Fsp3) is 0.421. The van der Waals surface area contributed by atoms with Gasteiger partial charge in [0.15, 0.2) is 0 Å². The molecule has 2 aromatic rings. The molecule has 0 saturated carbocycles. The molecule has 0 aliphatic carbocycles. The molecule has 33 heavy (non-hydrogen) atoms. The van der Waals surface area contributed by atoms with Crippen molar-refractivity contribution in [3.63, 3.8) is 0 Å². The van der Waals surface area contributed by atoms with E-state index in [4.69, 9.17) is 14.0 Å². The number of aliphatic hydroxyl groups excluding tert-OH is 1. The Bertz CT molecular complexity index is 1140. The van der Waals surface area contributed by atoms with Crippen LogP contribution in [0.1, 0.15) is 18.2 Å². The van der Waals surface area contributed by atoms with Crippen LogP contribution in [-0.4, -0.2) is 57.5 Å². The maximum atomic E-state index is 12.6. The molecule has 5 atom stereocenters. The Kier molecular flexibility index (Phi) is 8.40. The van der Waals surface area contributed by atoms with Gasteiger partial charge < -0.3 is 19.5 Å². The van der Waals surface area contributed by atoms with Crippen LogP contribution in [0.4, 0.5) is 0 Å². The number of aliphatic hydroxyl groups is 1. The number of rotatable bonds is 9. The molecule has 0 radical (unpaired) electrons. The minimum Gasteiger partial charge on any atom is -0.468 e. The number of ether oxygens (including phenoxy) is 2. The molecular formula is C19H23BrN3O9P. The number of esters is 1. The van der Waals surface area contributed by atoms with Crippen LogP contribution in [0.3, 0.4) is 0 Å². The van der Waals surface area contributed by atoms with E-state index < -0.39 is 56.0 Å². The number of hydrogen-bond donors (Lipinski definition) is 4. The van der Waals surface area contributed by atoms with Crippen molar-refractivity contribution in [1.82, 2.24) is 14.6 Å². The maximum absolute atomic E-state index is 12.6. The molecule has 2 heterocycles. The monoisotopic (exact) mass is 547 g/mol. The highest BCUT2D eigenvalue weighted by atomic mass is 79.9. The topological polar surface area (TPSA) is 169 Å². The van der Waals surface area contributed by atoms with Crippen LogP contribution in [0, 0.1) is 0 Å². The lowest BCUT2D eigenvalue weighted by Crippen LogP contribution is -2.38. The maximum Gasteiger partial charge on any atom is 0.403 e. The quantitative estimate of drug-likeness (QED) is 0.255. The largest absolute Gasteiger partial charge is 0.468 e. The summed E-state index contributed by atoms with van der Waals surface area (Å²) in [4.78, 5) is 47.9. The van der Waals surface area contributed by atoms with E-state index in [0.717, 1.165) is 17.2 Å². The van der Waals surface area contributed by atoms with Gasteiger partial charge in [-0.1, -0.05) is 30.3 Å². The highest BCUT2D eigenvalue weighted by Crippen LogP contribution is 2.40. The Balaban J connectivity index is 1.63. The fourth-order valence-electron chi connectivity index (χ4n) is 3.29. The summed E-state index contributed by atoms with van der Waals surface area (Å²) < 4.78 is 29.1. The lowest BCUT2D eigenvalue weighted by Gasteiger charge is -2.22. The summed E-state index contributed by atoms with van der Waals surface area (Å²) in [5.74, 6) is -0.753. The molecule has 1 aromatic carbocycles. The van der Waals surface area contributed by atoms with E-state index in [9.17, 15) is 28.9 Å². The Morgan fingerprint density at radius 2 is 2.09 bits per heavy atom. The first kappa shape index (κ1) is 25.5. The summed E-state index contributed by atoms with van der Waals surface area (Å²) in [6.45, 7) is -0.503.